The summed E-state index contributed by atoms with van der Waals surface area (Å²) in [6, 6.07) is 3.89. The first-order valence-electron chi connectivity index (χ1n) is 8.75. The van der Waals surface area contributed by atoms with Gasteiger partial charge >= 0.3 is 0 Å². The van der Waals surface area contributed by atoms with E-state index in [1.54, 1.807) is 0 Å². The van der Waals surface area contributed by atoms with Crippen LogP contribution in [0.2, 0.25) is 0 Å². The van der Waals surface area contributed by atoms with Gasteiger partial charge in [-0.05, 0) is 63.6 Å². The predicted molar refractivity (Wildman–Crippen MR) is 91.5 cm³/mol. The molecule has 0 saturated carbocycles. The second-order valence-corrected chi connectivity index (χ2v) is 7.32. The van der Waals surface area contributed by atoms with Crippen LogP contribution in [0.15, 0.2) is 12.3 Å². The van der Waals surface area contributed by atoms with Crippen molar-refractivity contribution >= 4 is 12.4 Å². The van der Waals surface area contributed by atoms with Crippen molar-refractivity contribution in [2.45, 2.75) is 56.5 Å². The van der Waals surface area contributed by atoms with Gasteiger partial charge in [0.05, 0.1) is 0 Å². The Morgan fingerprint density at radius 1 is 1.14 bits per heavy atom. The van der Waals surface area contributed by atoms with Gasteiger partial charge in [-0.15, -0.1) is 12.4 Å². The minimum absolute atomic E-state index is 0. The summed E-state index contributed by atoms with van der Waals surface area (Å²) in [6.45, 7) is 3.81. The maximum Gasteiger partial charge on any atom is 0.0492 e. The molecule has 4 rings (SSSR count). The molecule has 124 valence electrons. The van der Waals surface area contributed by atoms with Crippen LogP contribution in [-0.4, -0.2) is 46.4 Å². The number of hydrogen-bond donors (Lipinski definition) is 1. The SMILES string of the molecule is Cl.Cn1nccc1C1CC2CCC(C1)N2CC1CCNCC1. The number of nitrogens with one attached hydrogen (secondary N) is 1. The molecule has 1 N–H and O–H groups in total. The third kappa shape index (κ3) is 3.06. The van der Waals surface area contributed by atoms with Gasteiger partial charge in [-0.2, -0.15) is 5.10 Å². The normalized spacial score (nSPS) is 32.9. The molecule has 0 aromatic carbocycles. The summed E-state index contributed by atoms with van der Waals surface area (Å²) in [5.41, 5.74) is 1.45. The summed E-state index contributed by atoms with van der Waals surface area (Å²) in [5, 5.41) is 7.86. The highest BCUT2D eigenvalue weighted by Gasteiger charge is 2.42. The lowest BCUT2D eigenvalue weighted by Gasteiger charge is -2.41. The van der Waals surface area contributed by atoms with Gasteiger partial charge in [0.1, 0.15) is 0 Å². The molecule has 22 heavy (non-hydrogen) atoms. The average Bonchev–Trinajstić information content (AvgIpc) is 3.01. The van der Waals surface area contributed by atoms with Gasteiger partial charge in [-0.1, -0.05) is 0 Å². The first-order chi connectivity index (χ1) is 10.3. The fraction of sp³-hybridized carbons (Fsp3) is 0.824. The molecule has 3 aliphatic rings. The third-order valence-electron chi connectivity index (χ3n) is 6.09. The van der Waals surface area contributed by atoms with E-state index in [0.717, 1.165) is 23.9 Å². The van der Waals surface area contributed by atoms with Crippen LogP contribution in [0.5, 0.6) is 0 Å². The highest BCUT2D eigenvalue weighted by molar-refractivity contribution is 5.85. The first kappa shape index (κ1) is 16.3. The van der Waals surface area contributed by atoms with Crippen LogP contribution in [-0.2, 0) is 7.05 Å². The Hall–Kier alpha value is -0.580. The van der Waals surface area contributed by atoms with Crippen molar-refractivity contribution in [3.05, 3.63) is 18.0 Å². The number of hydrogen-bond acceptors (Lipinski definition) is 3. The molecule has 0 amide bonds. The number of halogens is 1. The van der Waals surface area contributed by atoms with Crippen LogP contribution < -0.4 is 5.32 Å². The smallest absolute Gasteiger partial charge is 0.0492 e. The van der Waals surface area contributed by atoms with E-state index in [1.807, 2.05) is 6.20 Å². The molecule has 0 spiro atoms. The zero-order chi connectivity index (χ0) is 14.2. The molecule has 4 heterocycles. The van der Waals surface area contributed by atoms with E-state index >= 15 is 0 Å². The van der Waals surface area contributed by atoms with Crippen LogP contribution in [0.25, 0.3) is 0 Å². The quantitative estimate of drug-likeness (QED) is 0.927. The van der Waals surface area contributed by atoms with E-state index in [9.17, 15) is 0 Å². The Kier molecular flexibility index (Phi) is 5.10. The fourth-order valence-corrected chi connectivity index (χ4v) is 4.96. The minimum Gasteiger partial charge on any atom is -0.317 e. The molecule has 0 radical (unpaired) electrons. The van der Waals surface area contributed by atoms with Crippen molar-refractivity contribution < 1.29 is 0 Å². The summed E-state index contributed by atoms with van der Waals surface area (Å²) in [6.07, 6.45) is 10.2. The van der Waals surface area contributed by atoms with Gasteiger partial charge in [0, 0.05) is 43.5 Å². The van der Waals surface area contributed by atoms with Gasteiger partial charge in [-0.3, -0.25) is 9.58 Å². The summed E-state index contributed by atoms with van der Waals surface area (Å²) >= 11 is 0. The monoisotopic (exact) mass is 324 g/mol. The molecule has 1 aromatic rings. The third-order valence-corrected chi connectivity index (χ3v) is 6.09. The minimum atomic E-state index is 0. The van der Waals surface area contributed by atoms with Crippen molar-refractivity contribution in [2.75, 3.05) is 19.6 Å². The summed E-state index contributed by atoms with van der Waals surface area (Å²) in [5.74, 6) is 1.67. The Labute approximate surface area is 140 Å². The lowest BCUT2D eigenvalue weighted by Crippen LogP contribution is -2.46. The van der Waals surface area contributed by atoms with Gasteiger partial charge in [0.25, 0.3) is 0 Å². The topological polar surface area (TPSA) is 33.1 Å². The number of fused-ring (bicyclic) bond motifs is 2. The molecular weight excluding hydrogens is 296 g/mol. The Bertz CT molecular complexity index is 469. The molecule has 2 unspecified atom stereocenters. The van der Waals surface area contributed by atoms with E-state index in [-0.39, 0.29) is 12.4 Å². The van der Waals surface area contributed by atoms with Crippen LogP contribution in [0, 0.1) is 5.92 Å². The fourth-order valence-electron chi connectivity index (χ4n) is 4.96. The molecule has 3 aliphatic heterocycles. The van der Waals surface area contributed by atoms with E-state index in [1.165, 1.54) is 63.9 Å². The number of piperidine rings is 2. The number of aromatic nitrogens is 2. The average molecular weight is 325 g/mol. The molecule has 1 aromatic heterocycles. The zero-order valence-corrected chi connectivity index (χ0v) is 14.4. The van der Waals surface area contributed by atoms with Crippen molar-refractivity contribution in [3.8, 4) is 0 Å². The Balaban J connectivity index is 0.00000144. The van der Waals surface area contributed by atoms with Crippen LogP contribution >= 0.6 is 12.4 Å². The maximum absolute atomic E-state index is 4.37. The van der Waals surface area contributed by atoms with Crippen molar-refractivity contribution in [1.29, 1.82) is 0 Å². The summed E-state index contributed by atoms with van der Waals surface area (Å²) in [4.78, 5) is 2.88. The second-order valence-electron chi connectivity index (χ2n) is 7.32. The van der Waals surface area contributed by atoms with Gasteiger partial charge < -0.3 is 5.32 Å². The molecule has 5 heteroatoms. The number of rotatable bonds is 3. The van der Waals surface area contributed by atoms with Crippen LogP contribution in [0.3, 0.4) is 0 Å². The van der Waals surface area contributed by atoms with Crippen molar-refractivity contribution in [2.24, 2.45) is 13.0 Å². The Morgan fingerprint density at radius 3 is 2.41 bits per heavy atom. The lowest BCUT2D eigenvalue weighted by molar-refractivity contribution is 0.0958. The highest BCUT2D eigenvalue weighted by Crippen LogP contribution is 2.43. The van der Waals surface area contributed by atoms with Crippen molar-refractivity contribution in [1.82, 2.24) is 20.0 Å². The van der Waals surface area contributed by atoms with Crippen LogP contribution in [0.4, 0.5) is 0 Å². The van der Waals surface area contributed by atoms with E-state index in [0.29, 0.717) is 0 Å². The molecule has 2 bridgehead atoms. The highest BCUT2D eigenvalue weighted by atomic mass is 35.5. The first-order valence-corrected chi connectivity index (χ1v) is 8.75. The van der Waals surface area contributed by atoms with E-state index in [4.69, 9.17) is 0 Å². The van der Waals surface area contributed by atoms with Gasteiger partial charge in [0.2, 0.25) is 0 Å². The number of aryl methyl sites for hydroxylation is 1. The number of nitrogens with zero attached hydrogens (tertiary/aromatic N) is 3. The Morgan fingerprint density at radius 2 is 1.82 bits per heavy atom. The van der Waals surface area contributed by atoms with Crippen molar-refractivity contribution in [3.63, 3.8) is 0 Å². The summed E-state index contributed by atoms with van der Waals surface area (Å²) in [7, 11) is 2.10. The molecule has 3 fully saturated rings. The standard InChI is InChI=1S/C17H28N4.ClH/c1-20-17(6-9-19-20)14-10-15-2-3-16(11-14)21(15)12-13-4-7-18-8-5-13;/h6,9,13-16,18H,2-5,7-8,10-12H2,1H3;1H. The van der Waals surface area contributed by atoms with E-state index in [2.05, 4.69) is 33.1 Å². The zero-order valence-electron chi connectivity index (χ0n) is 13.6. The van der Waals surface area contributed by atoms with Gasteiger partial charge in [0.15, 0.2) is 0 Å². The lowest BCUT2D eigenvalue weighted by atomic mass is 9.86. The van der Waals surface area contributed by atoms with Crippen LogP contribution in [0.1, 0.15) is 50.1 Å². The predicted octanol–water partition coefficient (Wildman–Crippen LogP) is 2.55. The van der Waals surface area contributed by atoms with E-state index < -0.39 is 0 Å². The molecular formula is C17H29ClN4. The largest absolute Gasteiger partial charge is 0.317 e. The molecule has 4 nitrogen and oxygen atoms in total. The molecule has 2 atom stereocenters. The maximum atomic E-state index is 4.37. The molecule has 3 saturated heterocycles. The van der Waals surface area contributed by atoms with Gasteiger partial charge in [-0.25, -0.2) is 0 Å². The molecule has 0 aliphatic carbocycles. The second kappa shape index (κ2) is 6.90. The summed E-state index contributed by atoms with van der Waals surface area (Å²) < 4.78 is 2.09.